The van der Waals surface area contributed by atoms with Crippen LogP contribution in [0.3, 0.4) is 0 Å². The molecule has 1 saturated heterocycles. The SMILES string of the molecule is COC(C(=O)N1C(=O)OC(C)(C)C1C(C)C)C(OC(C)=O)c1cc(Br)c(CCCOCC(CO)OCc2ccccc2)o1. The number of imide groups is 1. The van der Waals surface area contributed by atoms with Gasteiger partial charge in [0.25, 0.3) is 5.91 Å². The van der Waals surface area contributed by atoms with Crippen molar-refractivity contribution in [2.75, 3.05) is 26.9 Å². The van der Waals surface area contributed by atoms with Gasteiger partial charge in [0.05, 0.1) is 30.3 Å². The maximum atomic E-state index is 13.7. The van der Waals surface area contributed by atoms with Crippen LogP contribution < -0.4 is 0 Å². The molecule has 1 aliphatic heterocycles. The Morgan fingerprint density at radius 3 is 2.49 bits per heavy atom. The van der Waals surface area contributed by atoms with E-state index in [0.717, 1.165) is 10.5 Å². The molecule has 0 aliphatic carbocycles. The van der Waals surface area contributed by atoms with Crippen molar-refractivity contribution in [3.8, 4) is 0 Å². The highest BCUT2D eigenvalue weighted by Gasteiger charge is 2.54. The zero-order chi connectivity index (χ0) is 31.7. The highest BCUT2D eigenvalue weighted by Crippen LogP contribution is 2.37. The van der Waals surface area contributed by atoms with Crippen LogP contribution in [0.25, 0.3) is 0 Å². The van der Waals surface area contributed by atoms with Gasteiger partial charge in [-0.1, -0.05) is 44.2 Å². The molecule has 0 bridgehead atoms. The summed E-state index contributed by atoms with van der Waals surface area (Å²) in [7, 11) is 1.30. The third-order valence-corrected chi connectivity index (χ3v) is 7.73. The fourth-order valence-corrected chi connectivity index (χ4v) is 5.76. The number of methoxy groups -OCH3 is 1. The number of furan rings is 1. The molecule has 4 unspecified atom stereocenters. The fourth-order valence-electron chi connectivity index (χ4n) is 5.25. The number of cyclic esters (lactones) is 1. The third kappa shape index (κ3) is 9.12. The summed E-state index contributed by atoms with van der Waals surface area (Å²) in [6.45, 7) is 9.31. The number of halogens is 1. The first-order chi connectivity index (χ1) is 20.4. The molecule has 3 rings (SSSR count). The zero-order valence-corrected chi connectivity index (χ0v) is 27.1. The van der Waals surface area contributed by atoms with Crippen LogP contribution in [0.2, 0.25) is 0 Å². The topological polar surface area (TPSA) is 134 Å². The summed E-state index contributed by atoms with van der Waals surface area (Å²) in [4.78, 5) is 39.7. The monoisotopic (exact) mass is 667 g/mol. The second kappa shape index (κ2) is 15.8. The molecular weight excluding hydrogens is 626 g/mol. The van der Waals surface area contributed by atoms with Crippen molar-refractivity contribution >= 4 is 33.9 Å². The molecular formula is C31H42BrNO10. The molecule has 0 saturated carbocycles. The van der Waals surface area contributed by atoms with Crippen LogP contribution in [0, 0.1) is 5.92 Å². The van der Waals surface area contributed by atoms with E-state index in [2.05, 4.69) is 15.9 Å². The van der Waals surface area contributed by atoms with Gasteiger partial charge in [-0.2, -0.15) is 0 Å². The normalized spacial score (nSPS) is 18.4. The minimum absolute atomic E-state index is 0.107. The van der Waals surface area contributed by atoms with E-state index in [1.54, 1.807) is 19.9 Å². The van der Waals surface area contributed by atoms with E-state index in [1.165, 1.54) is 14.0 Å². The average molecular weight is 669 g/mol. The molecule has 0 spiro atoms. The minimum atomic E-state index is -1.37. The summed E-state index contributed by atoms with van der Waals surface area (Å²) in [5, 5.41) is 9.62. The van der Waals surface area contributed by atoms with Gasteiger partial charge in [-0.25, -0.2) is 9.69 Å². The summed E-state index contributed by atoms with van der Waals surface area (Å²) in [5.74, 6) is -0.720. The lowest BCUT2D eigenvalue weighted by molar-refractivity contribution is -0.165. The standard InChI is InChI=1S/C31H42BrNO10/c1-19(2)28-31(4,5)43-30(37)33(28)29(36)27(38-6)26(41-20(3)35)25-15-23(32)24(42-25)13-10-14-39-18-22(16-34)40-17-21-11-8-7-9-12-21/h7-9,11-12,15,19,22,26-28,34H,10,13-14,16-18H2,1-6H3. The molecule has 11 nitrogen and oxygen atoms in total. The molecule has 2 aromatic rings. The number of ether oxygens (including phenoxy) is 5. The van der Waals surface area contributed by atoms with Crippen molar-refractivity contribution in [2.45, 2.75) is 84.0 Å². The number of esters is 1. The first-order valence-electron chi connectivity index (χ1n) is 14.3. The maximum Gasteiger partial charge on any atom is 0.417 e. The Morgan fingerprint density at radius 2 is 1.88 bits per heavy atom. The Labute approximate surface area is 260 Å². The molecule has 4 atom stereocenters. The number of nitrogens with zero attached hydrogens (tertiary/aromatic N) is 1. The summed E-state index contributed by atoms with van der Waals surface area (Å²) in [6, 6.07) is 10.7. The number of amides is 2. The second-order valence-corrected chi connectivity index (χ2v) is 12.1. The molecule has 1 aliphatic rings. The third-order valence-electron chi connectivity index (χ3n) is 7.06. The van der Waals surface area contributed by atoms with Crippen molar-refractivity contribution in [3.05, 3.63) is 58.0 Å². The predicted octanol–water partition coefficient (Wildman–Crippen LogP) is 4.97. The van der Waals surface area contributed by atoms with E-state index in [4.69, 9.17) is 28.1 Å². The Kier molecular flexibility index (Phi) is 12.8. The van der Waals surface area contributed by atoms with E-state index < -0.39 is 47.9 Å². The summed E-state index contributed by atoms with van der Waals surface area (Å²) >= 11 is 3.49. The number of hydrogen-bond donors (Lipinski definition) is 1. The molecule has 238 valence electrons. The van der Waals surface area contributed by atoms with Crippen LogP contribution in [-0.2, 0) is 46.3 Å². The van der Waals surface area contributed by atoms with Crippen molar-refractivity contribution in [1.82, 2.24) is 4.90 Å². The Balaban J connectivity index is 1.64. The van der Waals surface area contributed by atoms with Crippen LogP contribution in [0.4, 0.5) is 4.79 Å². The molecule has 2 amide bonds. The van der Waals surface area contributed by atoms with Gasteiger partial charge in [0, 0.05) is 27.1 Å². The van der Waals surface area contributed by atoms with Gasteiger partial charge in [-0.15, -0.1) is 0 Å². The quantitative estimate of drug-likeness (QED) is 0.193. The fraction of sp³-hybridized carbons (Fsp3) is 0.581. The van der Waals surface area contributed by atoms with Crippen LogP contribution in [0.5, 0.6) is 0 Å². The smallest absolute Gasteiger partial charge is 0.417 e. The van der Waals surface area contributed by atoms with Crippen molar-refractivity contribution in [1.29, 1.82) is 0 Å². The van der Waals surface area contributed by atoms with Gasteiger partial charge in [0.2, 0.25) is 0 Å². The number of aliphatic hydroxyl groups excluding tert-OH is 1. The molecule has 2 heterocycles. The van der Waals surface area contributed by atoms with E-state index in [-0.39, 0.29) is 24.9 Å². The Bertz CT molecular complexity index is 1210. The number of benzene rings is 1. The van der Waals surface area contributed by atoms with E-state index in [9.17, 15) is 19.5 Å². The number of aliphatic hydroxyl groups is 1. The van der Waals surface area contributed by atoms with Crippen LogP contribution in [-0.4, -0.2) is 78.8 Å². The first kappa shape index (κ1) is 34.7. The van der Waals surface area contributed by atoms with Crippen LogP contribution in [0.1, 0.15) is 64.2 Å². The minimum Gasteiger partial charge on any atom is -0.461 e. The number of rotatable bonds is 16. The lowest BCUT2D eigenvalue weighted by Gasteiger charge is -2.33. The largest absolute Gasteiger partial charge is 0.461 e. The van der Waals surface area contributed by atoms with Crippen molar-refractivity contribution in [2.24, 2.45) is 5.92 Å². The molecule has 1 fully saturated rings. The van der Waals surface area contributed by atoms with Gasteiger partial charge < -0.3 is 33.2 Å². The molecule has 0 radical (unpaired) electrons. The van der Waals surface area contributed by atoms with Crippen LogP contribution >= 0.6 is 15.9 Å². The summed E-state index contributed by atoms with van der Waals surface area (Å²) in [5.41, 5.74) is 0.0948. The maximum absolute atomic E-state index is 13.7. The van der Waals surface area contributed by atoms with E-state index in [0.29, 0.717) is 36.3 Å². The van der Waals surface area contributed by atoms with Gasteiger partial charge in [-0.05, 0) is 53.7 Å². The Hall–Kier alpha value is -2.77. The number of carbonyl (C=O) groups is 3. The zero-order valence-electron chi connectivity index (χ0n) is 25.5. The number of aryl methyl sites for hydroxylation is 1. The predicted molar refractivity (Wildman–Crippen MR) is 159 cm³/mol. The van der Waals surface area contributed by atoms with Gasteiger partial charge >= 0.3 is 12.1 Å². The molecule has 43 heavy (non-hydrogen) atoms. The van der Waals surface area contributed by atoms with Crippen molar-refractivity contribution in [3.63, 3.8) is 0 Å². The van der Waals surface area contributed by atoms with Gasteiger partial charge in [-0.3, -0.25) is 9.59 Å². The summed E-state index contributed by atoms with van der Waals surface area (Å²) in [6.07, 6.45) is -2.82. The summed E-state index contributed by atoms with van der Waals surface area (Å²) < 4.78 is 34.7. The molecule has 1 aromatic heterocycles. The second-order valence-electron chi connectivity index (χ2n) is 11.3. The number of hydrogen-bond acceptors (Lipinski definition) is 10. The van der Waals surface area contributed by atoms with Crippen LogP contribution in [0.15, 0.2) is 45.3 Å². The highest BCUT2D eigenvalue weighted by atomic mass is 79.9. The van der Waals surface area contributed by atoms with Gasteiger partial charge in [0.1, 0.15) is 23.2 Å². The highest BCUT2D eigenvalue weighted by molar-refractivity contribution is 9.10. The van der Waals surface area contributed by atoms with E-state index >= 15 is 0 Å². The molecule has 1 N–H and O–H groups in total. The van der Waals surface area contributed by atoms with Gasteiger partial charge in [0.15, 0.2) is 12.2 Å². The average Bonchev–Trinajstić information content (AvgIpc) is 3.44. The van der Waals surface area contributed by atoms with E-state index in [1.807, 2.05) is 44.2 Å². The lowest BCUT2D eigenvalue weighted by atomic mass is 9.88. The molecule has 12 heteroatoms. The lowest BCUT2D eigenvalue weighted by Crippen LogP contribution is -2.52. The number of carbonyl (C=O) groups excluding carboxylic acids is 3. The first-order valence-corrected chi connectivity index (χ1v) is 15.1. The van der Waals surface area contributed by atoms with Crippen molar-refractivity contribution < 1.29 is 47.6 Å². The molecule has 1 aromatic carbocycles. The Morgan fingerprint density at radius 1 is 1.19 bits per heavy atom.